The molecule has 0 radical (unpaired) electrons. The lowest BCUT2D eigenvalue weighted by Crippen LogP contribution is -2.36. The summed E-state index contributed by atoms with van der Waals surface area (Å²) in [6.45, 7) is 2.06. The van der Waals surface area contributed by atoms with Crippen LogP contribution in [0, 0.1) is 6.92 Å². The average Bonchev–Trinajstić information content (AvgIpc) is 2.96. The Labute approximate surface area is 162 Å². The quantitative estimate of drug-likeness (QED) is 0.473. The highest BCUT2D eigenvalue weighted by Gasteiger charge is 2.35. The number of ether oxygens (including phenoxy) is 2. The molecule has 7 heteroatoms. The van der Waals surface area contributed by atoms with Gasteiger partial charge < -0.3 is 14.8 Å². The second-order valence-electron chi connectivity index (χ2n) is 6.30. The third-order valence-electron chi connectivity index (χ3n) is 4.19. The summed E-state index contributed by atoms with van der Waals surface area (Å²) in [6.07, 6.45) is 1.54. The summed E-state index contributed by atoms with van der Waals surface area (Å²) in [6, 6.07) is 14.6. The van der Waals surface area contributed by atoms with Gasteiger partial charge in [0, 0.05) is 0 Å². The van der Waals surface area contributed by atoms with Crippen molar-refractivity contribution in [1.82, 2.24) is 10.2 Å². The summed E-state index contributed by atoms with van der Waals surface area (Å²) in [4.78, 5) is 36.2. The van der Waals surface area contributed by atoms with Gasteiger partial charge in [0.05, 0.1) is 7.11 Å². The smallest absolute Gasteiger partial charge is 0.329 e. The van der Waals surface area contributed by atoms with Gasteiger partial charge in [-0.1, -0.05) is 42.0 Å². The van der Waals surface area contributed by atoms with Crippen molar-refractivity contribution in [2.24, 2.45) is 0 Å². The van der Waals surface area contributed by atoms with Crippen LogP contribution < -0.4 is 10.1 Å². The monoisotopic (exact) mass is 380 g/mol. The largest absolute Gasteiger partial charge is 0.489 e. The minimum absolute atomic E-state index is 0.0993. The highest BCUT2D eigenvalue weighted by molar-refractivity contribution is 6.15. The fourth-order valence-corrected chi connectivity index (χ4v) is 2.59. The molecule has 7 nitrogen and oxygen atoms in total. The summed E-state index contributed by atoms with van der Waals surface area (Å²) in [7, 11) is 1.19. The SMILES string of the molecule is COC(=O)CN1C(=O)NC(=Cc2ccc(OCc3ccc(C)cc3)cc2)C1=O. The number of hydrogen-bond donors (Lipinski definition) is 1. The number of methoxy groups -OCH3 is 1. The fraction of sp³-hybridized carbons (Fsp3) is 0.190. The Morgan fingerprint density at radius 1 is 1.07 bits per heavy atom. The molecule has 0 atom stereocenters. The van der Waals surface area contributed by atoms with E-state index in [0.717, 1.165) is 10.5 Å². The number of carbonyl (C=O) groups excluding carboxylic acids is 3. The zero-order chi connectivity index (χ0) is 20.1. The number of hydrogen-bond acceptors (Lipinski definition) is 5. The summed E-state index contributed by atoms with van der Waals surface area (Å²) >= 11 is 0. The second-order valence-corrected chi connectivity index (χ2v) is 6.30. The van der Waals surface area contributed by atoms with E-state index in [-0.39, 0.29) is 5.70 Å². The molecule has 3 amide bonds. The molecule has 1 aliphatic heterocycles. The Morgan fingerprint density at radius 2 is 1.75 bits per heavy atom. The van der Waals surface area contributed by atoms with Gasteiger partial charge in [0.15, 0.2) is 0 Å². The Hall–Kier alpha value is -3.61. The maximum absolute atomic E-state index is 12.3. The van der Waals surface area contributed by atoms with Crippen LogP contribution in [0.2, 0.25) is 0 Å². The Morgan fingerprint density at radius 3 is 2.39 bits per heavy atom. The van der Waals surface area contributed by atoms with E-state index in [9.17, 15) is 14.4 Å². The molecule has 0 saturated carbocycles. The third kappa shape index (κ3) is 4.56. The standard InChI is InChI=1S/C21H20N2O5/c1-14-3-5-16(6-4-14)13-28-17-9-7-15(8-10-17)11-18-20(25)23(21(26)22-18)12-19(24)27-2/h3-11H,12-13H2,1-2H3,(H,22,26). The molecule has 1 heterocycles. The number of amides is 3. The van der Waals surface area contributed by atoms with Gasteiger partial charge in [0.2, 0.25) is 0 Å². The molecule has 2 aromatic carbocycles. The van der Waals surface area contributed by atoms with Crippen molar-refractivity contribution in [1.29, 1.82) is 0 Å². The van der Waals surface area contributed by atoms with E-state index in [2.05, 4.69) is 10.1 Å². The molecule has 0 unspecified atom stereocenters. The van der Waals surface area contributed by atoms with E-state index in [4.69, 9.17) is 4.74 Å². The first-order valence-electron chi connectivity index (χ1n) is 8.66. The molecule has 0 spiro atoms. The Balaban J connectivity index is 1.63. The van der Waals surface area contributed by atoms with Gasteiger partial charge in [-0.15, -0.1) is 0 Å². The molecule has 1 saturated heterocycles. The van der Waals surface area contributed by atoms with Crippen molar-refractivity contribution in [3.05, 3.63) is 70.9 Å². The number of imide groups is 1. The topological polar surface area (TPSA) is 84.9 Å². The molecule has 1 fully saturated rings. The number of benzene rings is 2. The van der Waals surface area contributed by atoms with Gasteiger partial charge in [-0.3, -0.25) is 9.59 Å². The van der Waals surface area contributed by atoms with Crippen LogP contribution in [-0.2, 0) is 20.9 Å². The molecule has 1 N–H and O–H groups in total. The van der Waals surface area contributed by atoms with Gasteiger partial charge in [-0.05, 0) is 36.3 Å². The Bertz CT molecular complexity index is 917. The van der Waals surface area contributed by atoms with E-state index in [0.29, 0.717) is 17.9 Å². The van der Waals surface area contributed by atoms with Crippen molar-refractivity contribution >= 4 is 24.0 Å². The number of esters is 1. The molecule has 0 bridgehead atoms. The van der Waals surface area contributed by atoms with Crippen LogP contribution in [0.1, 0.15) is 16.7 Å². The van der Waals surface area contributed by atoms with Crippen molar-refractivity contribution in [2.45, 2.75) is 13.5 Å². The molecule has 1 aliphatic rings. The fourth-order valence-electron chi connectivity index (χ4n) is 2.59. The molecule has 3 rings (SSSR count). The highest BCUT2D eigenvalue weighted by Crippen LogP contribution is 2.18. The van der Waals surface area contributed by atoms with Crippen LogP contribution in [0.25, 0.3) is 6.08 Å². The summed E-state index contributed by atoms with van der Waals surface area (Å²) in [5.74, 6) is -0.549. The normalized spacial score (nSPS) is 14.9. The van der Waals surface area contributed by atoms with Crippen molar-refractivity contribution in [3.63, 3.8) is 0 Å². The van der Waals surface area contributed by atoms with E-state index < -0.39 is 24.5 Å². The van der Waals surface area contributed by atoms with Crippen molar-refractivity contribution in [2.75, 3.05) is 13.7 Å². The minimum atomic E-state index is -0.667. The van der Waals surface area contributed by atoms with Crippen LogP contribution in [0.3, 0.4) is 0 Å². The number of urea groups is 1. The maximum Gasteiger partial charge on any atom is 0.329 e. The predicted octanol–water partition coefficient (Wildman–Crippen LogP) is 2.64. The lowest BCUT2D eigenvalue weighted by atomic mass is 10.1. The maximum atomic E-state index is 12.3. The zero-order valence-corrected chi connectivity index (χ0v) is 15.6. The minimum Gasteiger partial charge on any atom is -0.489 e. The van der Waals surface area contributed by atoms with Crippen LogP contribution in [0.15, 0.2) is 54.2 Å². The van der Waals surface area contributed by atoms with Gasteiger partial charge in [0.25, 0.3) is 5.91 Å². The van der Waals surface area contributed by atoms with Crippen LogP contribution in [-0.4, -0.2) is 36.5 Å². The lowest BCUT2D eigenvalue weighted by molar-refractivity contribution is -0.143. The molecule has 144 valence electrons. The first-order valence-corrected chi connectivity index (χ1v) is 8.66. The third-order valence-corrected chi connectivity index (χ3v) is 4.19. The number of nitrogens with one attached hydrogen (secondary N) is 1. The average molecular weight is 380 g/mol. The first kappa shape index (κ1) is 19.2. The van der Waals surface area contributed by atoms with Crippen LogP contribution in [0.5, 0.6) is 5.75 Å². The molecular formula is C21H20N2O5. The predicted molar refractivity (Wildman–Crippen MR) is 102 cm³/mol. The summed E-state index contributed by atoms with van der Waals surface area (Å²) < 4.78 is 10.2. The number of rotatable bonds is 6. The van der Waals surface area contributed by atoms with Crippen LogP contribution >= 0.6 is 0 Å². The highest BCUT2D eigenvalue weighted by atomic mass is 16.5. The van der Waals surface area contributed by atoms with E-state index in [1.807, 2.05) is 31.2 Å². The van der Waals surface area contributed by atoms with E-state index >= 15 is 0 Å². The lowest BCUT2D eigenvalue weighted by Gasteiger charge is -2.09. The summed E-state index contributed by atoms with van der Waals surface area (Å²) in [5.41, 5.74) is 3.08. The second kappa shape index (κ2) is 8.39. The number of carbonyl (C=O) groups is 3. The molecule has 0 aliphatic carbocycles. The van der Waals surface area contributed by atoms with Crippen LogP contribution in [0.4, 0.5) is 4.79 Å². The van der Waals surface area contributed by atoms with Gasteiger partial charge in [-0.25, -0.2) is 9.69 Å². The van der Waals surface area contributed by atoms with Gasteiger partial charge >= 0.3 is 12.0 Å². The summed E-state index contributed by atoms with van der Waals surface area (Å²) in [5, 5.41) is 2.46. The number of nitrogens with zero attached hydrogens (tertiary/aromatic N) is 1. The molecule has 28 heavy (non-hydrogen) atoms. The van der Waals surface area contributed by atoms with Gasteiger partial charge in [-0.2, -0.15) is 0 Å². The first-order chi connectivity index (χ1) is 13.5. The van der Waals surface area contributed by atoms with Crippen molar-refractivity contribution in [3.8, 4) is 5.75 Å². The van der Waals surface area contributed by atoms with Crippen molar-refractivity contribution < 1.29 is 23.9 Å². The number of aryl methyl sites for hydroxylation is 1. The van der Waals surface area contributed by atoms with E-state index in [1.165, 1.54) is 12.7 Å². The Kier molecular flexibility index (Phi) is 5.74. The van der Waals surface area contributed by atoms with E-state index in [1.54, 1.807) is 30.3 Å². The molecular weight excluding hydrogens is 360 g/mol. The zero-order valence-electron chi connectivity index (χ0n) is 15.6. The van der Waals surface area contributed by atoms with Gasteiger partial charge in [0.1, 0.15) is 24.6 Å². The molecule has 2 aromatic rings. The molecule has 0 aromatic heterocycles.